The molecule has 0 fully saturated rings. The molecule has 1 heterocycles. The van der Waals surface area contributed by atoms with Crippen LogP contribution in [0.25, 0.3) is 0 Å². The molecule has 0 spiro atoms. The summed E-state index contributed by atoms with van der Waals surface area (Å²) in [5, 5.41) is 7.92. The molecule has 0 saturated carbocycles. The van der Waals surface area contributed by atoms with E-state index < -0.39 is 0 Å². The summed E-state index contributed by atoms with van der Waals surface area (Å²) in [4.78, 5) is 4.21. The quantitative estimate of drug-likeness (QED) is 0.920. The fourth-order valence-corrected chi connectivity index (χ4v) is 2.15. The number of hydrogen-bond acceptors (Lipinski definition) is 4. The molecule has 4 nitrogen and oxygen atoms in total. The molecule has 2 aromatic rings. The summed E-state index contributed by atoms with van der Waals surface area (Å²) in [7, 11) is 0. The summed E-state index contributed by atoms with van der Waals surface area (Å²) in [5.74, 6) is 1.23. The Morgan fingerprint density at radius 2 is 1.94 bits per heavy atom. The Bertz CT molecular complexity index is 526. The van der Waals surface area contributed by atoms with Gasteiger partial charge in [0.1, 0.15) is 0 Å². The molecule has 1 N–H and O–H groups in total. The zero-order valence-electron chi connectivity index (χ0n) is 10.6. The summed E-state index contributed by atoms with van der Waals surface area (Å²) in [6, 6.07) is 7.88. The van der Waals surface area contributed by atoms with Gasteiger partial charge in [0.15, 0.2) is 5.82 Å². The topological polar surface area (TPSA) is 51.0 Å². The van der Waals surface area contributed by atoms with Crippen LogP contribution in [0.5, 0.6) is 0 Å². The molecule has 2 rings (SSSR count). The van der Waals surface area contributed by atoms with Crippen molar-refractivity contribution in [3.8, 4) is 0 Å². The Balaban J connectivity index is 2.08. The van der Waals surface area contributed by atoms with Crippen LogP contribution in [0.15, 0.2) is 28.8 Å². The first-order valence-electron chi connectivity index (χ1n) is 5.88. The van der Waals surface area contributed by atoms with E-state index in [1.54, 1.807) is 6.92 Å². The van der Waals surface area contributed by atoms with Crippen molar-refractivity contribution < 1.29 is 4.52 Å². The predicted molar refractivity (Wildman–Crippen MR) is 70.5 cm³/mol. The lowest BCUT2D eigenvalue weighted by molar-refractivity contribution is 0.326. The highest BCUT2D eigenvalue weighted by atomic mass is 35.5. The van der Waals surface area contributed by atoms with E-state index in [2.05, 4.69) is 22.4 Å². The van der Waals surface area contributed by atoms with E-state index >= 15 is 0 Å². The van der Waals surface area contributed by atoms with Crippen molar-refractivity contribution in [1.29, 1.82) is 0 Å². The van der Waals surface area contributed by atoms with Gasteiger partial charge < -0.3 is 4.52 Å². The van der Waals surface area contributed by atoms with Crippen LogP contribution in [0, 0.1) is 6.92 Å². The van der Waals surface area contributed by atoms with Gasteiger partial charge in [0.25, 0.3) is 0 Å². The molecule has 0 aliphatic rings. The molecule has 0 radical (unpaired) electrons. The van der Waals surface area contributed by atoms with Crippen LogP contribution in [0.2, 0.25) is 5.02 Å². The second-order valence-electron chi connectivity index (χ2n) is 4.31. The highest BCUT2D eigenvalue weighted by molar-refractivity contribution is 6.31. The van der Waals surface area contributed by atoms with E-state index in [9.17, 15) is 0 Å². The molecule has 2 atom stereocenters. The SMILES string of the molecule is Cc1noc([C@@H](C)N[C@H](C)c2ccccc2Cl)n1. The Morgan fingerprint density at radius 1 is 1.22 bits per heavy atom. The van der Waals surface area contributed by atoms with Gasteiger partial charge in [-0.05, 0) is 32.4 Å². The Labute approximate surface area is 111 Å². The van der Waals surface area contributed by atoms with Crippen molar-refractivity contribution in [2.45, 2.75) is 32.9 Å². The maximum atomic E-state index is 6.16. The molecule has 1 aromatic heterocycles. The average molecular weight is 266 g/mol. The van der Waals surface area contributed by atoms with Gasteiger partial charge in [0, 0.05) is 11.1 Å². The normalized spacial score (nSPS) is 14.4. The maximum Gasteiger partial charge on any atom is 0.243 e. The Morgan fingerprint density at radius 3 is 2.56 bits per heavy atom. The van der Waals surface area contributed by atoms with Gasteiger partial charge in [-0.15, -0.1) is 0 Å². The number of halogens is 1. The molecular formula is C13H16ClN3O. The number of rotatable bonds is 4. The molecule has 1 aromatic carbocycles. The van der Waals surface area contributed by atoms with Gasteiger partial charge in [-0.2, -0.15) is 4.98 Å². The summed E-state index contributed by atoms with van der Waals surface area (Å²) in [5.41, 5.74) is 1.06. The minimum absolute atomic E-state index is 0.0162. The van der Waals surface area contributed by atoms with Gasteiger partial charge in [-0.3, -0.25) is 5.32 Å². The van der Waals surface area contributed by atoms with Crippen molar-refractivity contribution in [1.82, 2.24) is 15.5 Å². The molecule has 0 saturated heterocycles. The van der Waals surface area contributed by atoms with Gasteiger partial charge in [0.05, 0.1) is 6.04 Å². The molecule has 96 valence electrons. The van der Waals surface area contributed by atoms with Crippen molar-refractivity contribution in [3.05, 3.63) is 46.6 Å². The number of aromatic nitrogens is 2. The van der Waals surface area contributed by atoms with Gasteiger partial charge in [0.2, 0.25) is 5.89 Å². The van der Waals surface area contributed by atoms with Crippen LogP contribution in [-0.2, 0) is 0 Å². The minimum atomic E-state index is -0.0162. The molecule has 0 unspecified atom stereocenters. The summed E-state index contributed by atoms with van der Waals surface area (Å²) in [6.07, 6.45) is 0. The zero-order valence-corrected chi connectivity index (χ0v) is 11.4. The molecule has 0 amide bonds. The summed E-state index contributed by atoms with van der Waals surface area (Å²) in [6.45, 7) is 5.85. The van der Waals surface area contributed by atoms with E-state index in [-0.39, 0.29) is 12.1 Å². The number of benzene rings is 1. The number of hydrogen-bond donors (Lipinski definition) is 1. The standard InChI is InChI=1S/C13H16ClN3O/c1-8(11-6-4-5-7-12(11)14)15-9(2)13-16-10(3)17-18-13/h4-9,15H,1-3H3/t8-,9-/m1/s1. The first-order chi connectivity index (χ1) is 8.58. The predicted octanol–water partition coefficient (Wildman–Crippen LogP) is 3.44. The lowest BCUT2D eigenvalue weighted by Crippen LogP contribution is -2.23. The highest BCUT2D eigenvalue weighted by Crippen LogP contribution is 2.24. The van der Waals surface area contributed by atoms with Crippen LogP contribution < -0.4 is 5.32 Å². The van der Waals surface area contributed by atoms with E-state index in [0.717, 1.165) is 10.6 Å². The van der Waals surface area contributed by atoms with Crippen LogP contribution >= 0.6 is 11.6 Å². The third-order valence-electron chi connectivity index (χ3n) is 2.79. The zero-order chi connectivity index (χ0) is 13.1. The van der Waals surface area contributed by atoms with Crippen molar-refractivity contribution >= 4 is 11.6 Å². The van der Waals surface area contributed by atoms with E-state index in [0.29, 0.717) is 11.7 Å². The number of aryl methyl sites for hydroxylation is 1. The van der Waals surface area contributed by atoms with Gasteiger partial charge >= 0.3 is 0 Å². The summed E-state index contributed by atoms with van der Waals surface area (Å²) < 4.78 is 5.14. The molecule has 5 heteroatoms. The molecule has 0 bridgehead atoms. The fourth-order valence-electron chi connectivity index (χ4n) is 1.85. The Hall–Kier alpha value is -1.39. The smallest absolute Gasteiger partial charge is 0.243 e. The van der Waals surface area contributed by atoms with E-state index in [1.807, 2.05) is 31.2 Å². The van der Waals surface area contributed by atoms with Crippen molar-refractivity contribution in [2.24, 2.45) is 0 Å². The van der Waals surface area contributed by atoms with Crippen molar-refractivity contribution in [3.63, 3.8) is 0 Å². The molecule has 18 heavy (non-hydrogen) atoms. The number of nitrogens with zero attached hydrogens (tertiary/aromatic N) is 2. The summed E-state index contributed by atoms with van der Waals surface area (Å²) >= 11 is 6.16. The third-order valence-corrected chi connectivity index (χ3v) is 3.13. The third kappa shape index (κ3) is 2.89. The van der Waals surface area contributed by atoms with Crippen LogP contribution in [0.4, 0.5) is 0 Å². The monoisotopic (exact) mass is 265 g/mol. The van der Waals surface area contributed by atoms with Crippen LogP contribution in [0.3, 0.4) is 0 Å². The average Bonchev–Trinajstić information content (AvgIpc) is 2.76. The van der Waals surface area contributed by atoms with Crippen LogP contribution in [-0.4, -0.2) is 10.1 Å². The second kappa shape index (κ2) is 5.50. The lowest BCUT2D eigenvalue weighted by Gasteiger charge is -2.18. The highest BCUT2D eigenvalue weighted by Gasteiger charge is 2.17. The fraction of sp³-hybridized carbons (Fsp3) is 0.385. The molecule has 0 aliphatic heterocycles. The minimum Gasteiger partial charge on any atom is -0.338 e. The Kier molecular flexibility index (Phi) is 3.99. The molecule has 0 aliphatic carbocycles. The second-order valence-corrected chi connectivity index (χ2v) is 4.72. The largest absolute Gasteiger partial charge is 0.338 e. The van der Waals surface area contributed by atoms with E-state index in [1.165, 1.54) is 0 Å². The van der Waals surface area contributed by atoms with Gasteiger partial charge in [-0.25, -0.2) is 0 Å². The van der Waals surface area contributed by atoms with Crippen LogP contribution in [0.1, 0.15) is 43.2 Å². The lowest BCUT2D eigenvalue weighted by atomic mass is 10.1. The number of nitrogens with one attached hydrogen (secondary N) is 1. The maximum absolute atomic E-state index is 6.16. The first-order valence-corrected chi connectivity index (χ1v) is 6.26. The van der Waals surface area contributed by atoms with E-state index in [4.69, 9.17) is 16.1 Å². The first kappa shape index (κ1) is 13.1. The van der Waals surface area contributed by atoms with Crippen molar-refractivity contribution in [2.75, 3.05) is 0 Å². The van der Waals surface area contributed by atoms with Gasteiger partial charge in [-0.1, -0.05) is 35.0 Å². The molecular weight excluding hydrogens is 250 g/mol.